The molecule has 3 heterocycles. The largest absolute Gasteiger partial charge is 0.454 e. The third-order valence-electron chi connectivity index (χ3n) is 5.64. The molecule has 0 fully saturated rings. The first-order valence-corrected chi connectivity index (χ1v) is 12.5. The van der Waals surface area contributed by atoms with E-state index in [4.69, 9.17) is 24.8 Å². The summed E-state index contributed by atoms with van der Waals surface area (Å²) in [5, 5.41) is 7.94. The molecule has 1 aliphatic rings. The number of likely N-dealkylation sites (N-methyl/N-ethyl adjacent to an activating group) is 1. The molecule has 1 aromatic carbocycles. The Labute approximate surface area is 213 Å². The number of rotatable bonds is 12. The molecule has 36 heavy (non-hydrogen) atoms. The van der Waals surface area contributed by atoms with Gasteiger partial charge < -0.3 is 35.0 Å². The van der Waals surface area contributed by atoms with Gasteiger partial charge in [-0.2, -0.15) is 0 Å². The highest BCUT2D eigenvalue weighted by molar-refractivity contribution is 7.20. The number of nitrogens with zero attached hydrogens (tertiary/aromatic N) is 4. The maximum atomic E-state index is 12.7. The zero-order valence-corrected chi connectivity index (χ0v) is 21.4. The first-order valence-electron chi connectivity index (χ1n) is 11.7. The molecule has 2 aromatic heterocycles. The molecule has 12 heteroatoms. The third-order valence-corrected chi connectivity index (χ3v) is 6.67. The van der Waals surface area contributed by atoms with E-state index in [9.17, 15) is 4.79 Å². The van der Waals surface area contributed by atoms with Gasteiger partial charge in [-0.1, -0.05) is 19.0 Å². The number of anilines is 1. The third kappa shape index (κ3) is 5.83. The number of ether oxygens (including phenoxy) is 3. The van der Waals surface area contributed by atoms with Gasteiger partial charge in [-0.15, -0.1) is 11.3 Å². The lowest BCUT2D eigenvalue weighted by molar-refractivity contribution is 0.0941. The van der Waals surface area contributed by atoms with Crippen molar-refractivity contribution in [1.82, 2.24) is 20.2 Å². The molecule has 0 atom stereocenters. The summed E-state index contributed by atoms with van der Waals surface area (Å²) in [6.45, 7) is 8.15. The molecular weight excluding hydrogens is 484 g/mol. The molecule has 0 radical (unpaired) electrons. The van der Waals surface area contributed by atoms with Crippen LogP contribution in [-0.4, -0.2) is 79.8 Å². The number of carbonyl (C=O) groups excluding carboxylic acids is 1. The van der Waals surface area contributed by atoms with Crippen molar-refractivity contribution in [2.24, 2.45) is 5.16 Å². The number of methoxy groups -OCH3 is 1. The van der Waals surface area contributed by atoms with Gasteiger partial charge in [0, 0.05) is 31.1 Å². The highest BCUT2D eigenvalue weighted by Gasteiger charge is 2.22. The Kier molecular flexibility index (Phi) is 8.52. The molecule has 0 saturated heterocycles. The first-order chi connectivity index (χ1) is 17.5. The Morgan fingerprint density at radius 3 is 2.78 bits per heavy atom. The average Bonchev–Trinajstić information content (AvgIpc) is 3.53. The highest BCUT2D eigenvalue weighted by Crippen LogP contribution is 2.34. The molecule has 0 aliphatic carbocycles. The van der Waals surface area contributed by atoms with Crippen LogP contribution in [0.1, 0.15) is 34.8 Å². The fraction of sp³-hybridized carbons (Fsp3) is 0.417. The van der Waals surface area contributed by atoms with Gasteiger partial charge in [-0.05, 0) is 37.4 Å². The van der Waals surface area contributed by atoms with Crippen LogP contribution in [0.4, 0.5) is 5.95 Å². The smallest absolute Gasteiger partial charge is 0.261 e. The number of carbonyl (C=O) groups is 1. The van der Waals surface area contributed by atoms with Crippen molar-refractivity contribution in [2.45, 2.75) is 13.8 Å². The molecule has 0 saturated carbocycles. The molecule has 11 nitrogen and oxygen atoms in total. The minimum absolute atomic E-state index is 0.0716. The first kappa shape index (κ1) is 25.6. The van der Waals surface area contributed by atoms with E-state index >= 15 is 0 Å². The van der Waals surface area contributed by atoms with Gasteiger partial charge in [0.05, 0.1) is 11.5 Å². The molecule has 192 valence electrons. The summed E-state index contributed by atoms with van der Waals surface area (Å²) in [5.41, 5.74) is 7.69. The monoisotopic (exact) mass is 514 g/mol. The number of oxime groups is 1. The normalized spacial score (nSPS) is 12.9. The molecule has 4 rings (SSSR count). The highest BCUT2D eigenvalue weighted by atomic mass is 32.1. The molecule has 0 spiro atoms. The second-order valence-electron chi connectivity index (χ2n) is 7.88. The van der Waals surface area contributed by atoms with Gasteiger partial charge in [0.2, 0.25) is 12.7 Å². The number of nitrogens with one attached hydrogen (secondary N) is 1. The van der Waals surface area contributed by atoms with Crippen LogP contribution in [0.3, 0.4) is 0 Å². The lowest BCUT2D eigenvalue weighted by Crippen LogP contribution is -2.26. The van der Waals surface area contributed by atoms with Crippen LogP contribution in [0.5, 0.6) is 11.5 Å². The van der Waals surface area contributed by atoms with Crippen molar-refractivity contribution >= 4 is 39.1 Å². The number of thiophene rings is 1. The fourth-order valence-corrected chi connectivity index (χ4v) is 4.64. The minimum Gasteiger partial charge on any atom is -0.454 e. The molecule has 3 aromatic rings. The summed E-state index contributed by atoms with van der Waals surface area (Å²) in [5.74, 6) is 1.10. The molecule has 1 amide bonds. The minimum atomic E-state index is -0.225. The summed E-state index contributed by atoms with van der Waals surface area (Å²) < 4.78 is 16.0. The van der Waals surface area contributed by atoms with E-state index < -0.39 is 0 Å². The van der Waals surface area contributed by atoms with Gasteiger partial charge in [0.15, 0.2) is 11.5 Å². The summed E-state index contributed by atoms with van der Waals surface area (Å²) in [4.78, 5) is 30.5. The van der Waals surface area contributed by atoms with E-state index in [0.29, 0.717) is 63.3 Å². The van der Waals surface area contributed by atoms with E-state index in [0.717, 1.165) is 19.6 Å². The summed E-state index contributed by atoms with van der Waals surface area (Å²) in [7, 11) is 1.58. The summed E-state index contributed by atoms with van der Waals surface area (Å²) >= 11 is 1.23. The predicted molar refractivity (Wildman–Crippen MR) is 138 cm³/mol. The molecule has 1 aliphatic heterocycles. The topological polar surface area (TPSA) is 133 Å². The van der Waals surface area contributed by atoms with Gasteiger partial charge >= 0.3 is 0 Å². The summed E-state index contributed by atoms with van der Waals surface area (Å²) in [6, 6.07) is 7.24. The maximum absolute atomic E-state index is 12.7. The Hall–Kier alpha value is -3.48. The van der Waals surface area contributed by atoms with Gasteiger partial charge in [-0.3, -0.25) is 4.79 Å². The van der Waals surface area contributed by atoms with Crippen molar-refractivity contribution in [2.75, 3.05) is 59.0 Å². The van der Waals surface area contributed by atoms with E-state index in [2.05, 4.69) is 39.2 Å². The molecular formula is C24H30N6O5S. The second kappa shape index (κ2) is 12.0. The average molecular weight is 515 g/mol. The Morgan fingerprint density at radius 2 is 2.00 bits per heavy atom. The lowest BCUT2D eigenvalue weighted by Gasteiger charge is -2.16. The van der Waals surface area contributed by atoms with Gasteiger partial charge in [-0.25, -0.2) is 9.97 Å². The number of amides is 1. The fourth-order valence-electron chi connectivity index (χ4n) is 3.68. The molecule has 3 N–H and O–H groups in total. The van der Waals surface area contributed by atoms with E-state index in [1.807, 2.05) is 18.2 Å². The van der Waals surface area contributed by atoms with Crippen molar-refractivity contribution in [3.63, 3.8) is 0 Å². The lowest BCUT2D eigenvalue weighted by atomic mass is 10.0. The summed E-state index contributed by atoms with van der Waals surface area (Å²) in [6.07, 6.45) is 0. The van der Waals surface area contributed by atoms with Crippen LogP contribution in [-0.2, 0) is 9.57 Å². The Morgan fingerprint density at radius 1 is 1.19 bits per heavy atom. The van der Waals surface area contributed by atoms with Crippen LogP contribution >= 0.6 is 11.3 Å². The Bertz CT molecular complexity index is 1240. The van der Waals surface area contributed by atoms with Crippen LogP contribution in [0, 0.1) is 0 Å². The van der Waals surface area contributed by atoms with Crippen LogP contribution < -0.4 is 20.5 Å². The van der Waals surface area contributed by atoms with E-state index in [-0.39, 0.29) is 18.6 Å². The second-order valence-corrected chi connectivity index (χ2v) is 8.91. The van der Waals surface area contributed by atoms with Gasteiger partial charge in [0.25, 0.3) is 5.91 Å². The SMILES string of the molecule is CCN(CC)CCO/N=C(/c1ccc2c(c1)OCO2)c1nc(N)nc2sc(C(=O)NCCOC)cc12. The number of nitrogen functional groups attached to an aromatic ring is 1. The van der Waals surface area contributed by atoms with Gasteiger partial charge in [0.1, 0.15) is 22.8 Å². The van der Waals surface area contributed by atoms with E-state index in [1.165, 1.54) is 11.3 Å². The molecule has 0 unspecified atom stereocenters. The van der Waals surface area contributed by atoms with Crippen molar-refractivity contribution in [3.8, 4) is 11.5 Å². The standard InChI is InChI=1S/C24H30N6O5S/c1-4-30(5-2)9-11-35-29-20(15-6-7-17-18(12-15)34-14-33-17)21-16-13-19(22(31)26-8-10-32-3)36-23(16)28-24(25)27-21/h6-7,12-13H,4-5,8-11,14H2,1-3H3,(H,26,31)(H2,25,27,28)/b29-20-. The number of fused-ring (bicyclic) bond motifs is 2. The number of hydrogen-bond acceptors (Lipinski definition) is 11. The number of benzene rings is 1. The quantitative estimate of drug-likeness (QED) is 0.212. The van der Waals surface area contributed by atoms with Crippen molar-refractivity contribution in [1.29, 1.82) is 0 Å². The molecule has 0 bridgehead atoms. The number of aromatic nitrogens is 2. The van der Waals surface area contributed by atoms with E-state index in [1.54, 1.807) is 13.2 Å². The van der Waals surface area contributed by atoms with Crippen LogP contribution in [0.2, 0.25) is 0 Å². The predicted octanol–water partition coefficient (Wildman–Crippen LogP) is 2.49. The van der Waals surface area contributed by atoms with Crippen LogP contribution in [0.25, 0.3) is 10.2 Å². The van der Waals surface area contributed by atoms with Crippen molar-refractivity contribution in [3.05, 3.63) is 40.4 Å². The number of hydrogen-bond donors (Lipinski definition) is 2. The van der Waals surface area contributed by atoms with Crippen molar-refractivity contribution < 1.29 is 23.8 Å². The van der Waals surface area contributed by atoms with Crippen LogP contribution in [0.15, 0.2) is 29.4 Å². The Balaban J connectivity index is 1.72. The zero-order valence-electron chi connectivity index (χ0n) is 20.6. The number of nitrogens with two attached hydrogens (primary N) is 1. The maximum Gasteiger partial charge on any atom is 0.261 e. The zero-order chi connectivity index (χ0) is 25.5.